The summed E-state index contributed by atoms with van der Waals surface area (Å²) < 4.78 is 0. The number of anilines is 1. The Bertz CT molecular complexity index is 1070. The fourth-order valence-corrected chi connectivity index (χ4v) is 2.73. The highest BCUT2D eigenvalue weighted by molar-refractivity contribution is 6.11. The molecule has 0 unspecified atom stereocenters. The van der Waals surface area contributed by atoms with Crippen LogP contribution in [0, 0.1) is 0 Å². The number of hydrogen-bond acceptors (Lipinski definition) is 5. The normalized spacial score (nSPS) is 11.2. The highest BCUT2D eigenvalue weighted by atomic mass is 16.1. The summed E-state index contributed by atoms with van der Waals surface area (Å²) in [5.74, 6) is 1.36. The van der Waals surface area contributed by atoms with Crippen LogP contribution in [0.1, 0.15) is 35.9 Å². The van der Waals surface area contributed by atoms with E-state index in [9.17, 15) is 4.79 Å². The van der Waals surface area contributed by atoms with Gasteiger partial charge in [-0.2, -0.15) is 5.21 Å². The first-order valence-electron chi connectivity index (χ1n) is 8.25. The molecule has 0 bridgehead atoms. The monoisotopic (exact) mass is 347 g/mol. The minimum absolute atomic E-state index is 0.220. The lowest BCUT2D eigenvalue weighted by Gasteiger charge is -2.07. The van der Waals surface area contributed by atoms with E-state index in [1.54, 1.807) is 12.1 Å². The molecular weight excluding hydrogens is 330 g/mol. The molecule has 8 heteroatoms. The van der Waals surface area contributed by atoms with Gasteiger partial charge in [-0.3, -0.25) is 4.79 Å². The summed E-state index contributed by atoms with van der Waals surface area (Å²) in [4.78, 5) is 20.6. The van der Waals surface area contributed by atoms with Crippen LogP contribution in [0.15, 0.2) is 42.5 Å². The number of aromatic amines is 2. The molecule has 26 heavy (non-hydrogen) atoms. The van der Waals surface area contributed by atoms with Crippen molar-refractivity contribution < 1.29 is 4.79 Å². The lowest BCUT2D eigenvalue weighted by atomic mass is 10.1. The largest absolute Gasteiger partial charge is 0.342 e. The van der Waals surface area contributed by atoms with E-state index < -0.39 is 0 Å². The maximum atomic E-state index is 12.8. The molecule has 2 aromatic carbocycles. The molecule has 0 saturated heterocycles. The first-order valence-corrected chi connectivity index (χ1v) is 8.25. The summed E-state index contributed by atoms with van der Waals surface area (Å²) in [5, 5.41) is 16.8. The first-order chi connectivity index (χ1) is 12.6. The molecule has 0 atom stereocenters. The Morgan fingerprint density at radius 1 is 1.15 bits per heavy atom. The molecule has 1 amide bonds. The van der Waals surface area contributed by atoms with E-state index in [0.29, 0.717) is 22.6 Å². The Morgan fingerprint density at radius 2 is 2.00 bits per heavy atom. The molecule has 0 fully saturated rings. The Morgan fingerprint density at radius 3 is 2.77 bits per heavy atom. The van der Waals surface area contributed by atoms with Gasteiger partial charge in [0.15, 0.2) is 0 Å². The number of fused-ring (bicyclic) bond motifs is 1. The average molecular weight is 347 g/mol. The molecule has 0 aliphatic rings. The van der Waals surface area contributed by atoms with E-state index in [0.717, 1.165) is 16.9 Å². The third-order valence-corrected chi connectivity index (χ3v) is 4.05. The fourth-order valence-electron chi connectivity index (χ4n) is 2.73. The maximum absolute atomic E-state index is 12.8. The number of tetrazole rings is 1. The smallest absolute Gasteiger partial charge is 0.257 e. The van der Waals surface area contributed by atoms with Crippen molar-refractivity contribution in [3.05, 3.63) is 53.9 Å². The molecule has 0 radical (unpaired) electrons. The number of amides is 1. The van der Waals surface area contributed by atoms with E-state index in [4.69, 9.17) is 0 Å². The Labute approximate surface area is 149 Å². The standard InChI is InChI=1S/C18H17N7O/c1-10(2)16-20-14-8-4-7-13(15(14)21-16)18(26)19-12-6-3-5-11(9-12)17-22-24-25-23-17/h3-10H,1-2H3,(H,19,26)(H,20,21)(H,22,23,24,25). The van der Waals surface area contributed by atoms with Gasteiger partial charge in [-0.05, 0) is 29.5 Å². The number of benzene rings is 2. The molecule has 0 aliphatic carbocycles. The number of rotatable bonds is 4. The van der Waals surface area contributed by atoms with E-state index >= 15 is 0 Å². The SMILES string of the molecule is CC(C)c1nc2c(C(=O)Nc3cccc(-c4nn[nH]n4)c3)cccc2[nH]1. The second-order valence-corrected chi connectivity index (χ2v) is 6.25. The molecular formula is C18H17N7O. The molecule has 0 aliphatic heterocycles. The van der Waals surface area contributed by atoms with Crippen LogP contribution < -0.4 is 5.32 Å². The van der Waals surface area contributed by atoms with E-state index in [-0.39, 0.29) is 11.8 Å². The quantitative estimate of drug-likeness (QED) is 0.525. The van der Waals surface area contributed by atoms with Crippen LogP contribution in [0.4, 0.5) is 5.69 Å². The number of para-hydroxylation sites is 1. The maximum Gasteiger partial charge on any atom is 0.257 e. The number of H-pyrrole nitrogens is 2. The summed E-state index contributed by atoms with van der Waals surface area (Å²) in [6.07, 6.45) is 0. The molecule has 0 saturated carbocycles. The number of hydrogen-bond donors (Lipinski definition) is 3. The molecule has 4 aromatic rings. The van der Waals surface area contributed by atoms with E-state index in [1.807, 2.05) is 30.3 Å². The highest BCUT2D eigenvalue weighted by Gasteiger charge is 2.15. The van der Waals surface area contributed by atoms with Crippen LogP contribution >= 0.6 is 0 Å². The Kier molecular flexibility index (Phi) is 3.92. The minimum Gasteiger partial charge on any atom is -0.342 e. The Balaban J connectivity index is 1.65. The molecule has 2 heterocycles. The van der Waals surface area contributed by atoms with Crippen molar-refractivity contribution in [2.24, 2.45) is 0 Å². The fraction of sp³-hybridized carbons (Fsp3) is 0.167. The number of nitrogens with one attached hydrogen (secondary N) is 3. The van der Waals surface area contributed by atoms with Crippen LogP contribution in [0.5, 0.6) is 0 Å². The molecule has 8 nitrogen and oxygen atoms in total. The van der Waals surface area contributed by atoms with E-state index in [1.165, 1.54) is 0 Å². The van der Waals surface area contributed by atoms with Crippen molar-refractivity contribution in [1.29, 1.82) is 0 Å². The van der Waals surface area contributed by atoms with Crippen molar-refractivity contribution in [2.75, 3.05) is 5.32 Å². The van der Waals surface area contributed by atoms with Crippen molar-refractivity contribution in [3.63, 3.8) is 0 Å². The van der Waals surface area contributed by atoms with Gasteiger partial charge in [0, 0.05) is 17.2 Å². The second-order valence-electron chi connectivity index (χ2n) is 6.25. The average Bonchev–Trinajstić information content (AvgIpc) is 3.31. The number of carbonyl (C=O) groups is 1. The molecule has 0 spiro atoms. The number of aromatic nitrogens is 6. The van der Waals surface area contributed by atoms with Gasteiger partial charge in [-0.25, -0.2) is 4.98 Å². The molecule has 4 rings (SSSR count). The number of nitrogens with zero attached hydrogens (tertiary/aromatic N) is 4. The predicted molar refractivity (Wildman–Crippen MR) is 97.7 cm³/mol. The van der Waals surface area contributed by atoms with Gasteiger partial charge in [0.2, 0.25) is 5.82 Å². The summed E-state index contributed by atoms with van der Waals surface area (Å²) in [7, 11) is 0. The number of carbonyl (C=O) groups excluding carboxylic acids is 1. The van der Waals surface area contributed by atoms with Crippen molar-refractivity contribution >= 4 is 22.6 Å². The zero-order valence-electron chi connectivity index (χ0n) is 14.3. The van der Waals surface area contributed by atoms with E-state index in [2.05, 4.69) is 49.8 Å². The van der Waals surface area contributed by atoms with Gasteiger partial charge < -0.3 is 10.3 Å². The zero-order valence-corrected chi connectivity index (χ0v) is 14.3. The van der Waals surface area contributed by atoms with Gasteiger partial charge in [-0.1, -0.05) is 32.0 Å². The third-order valence-electron chi connectivity index (χ3n) is 4.05. The first kappa shape index (κ1) is 15.9. The molecule has 3 N–H and O–H groups in total. The lowest BCUT2D eigenvalue weighted by Crippen LogP contribution is -2.12. The summed E-state index contributed by atoms with van der Waals surface area (Å²) in [6.45, 7) is 4.11. The molecule has 130 valence electrons. The van der Waals surface area contributed by atoms with Gasteiger partial charge in [-0.15, -0.1) is 10.2 Å². The van der Waals surface area contributed by atoms with Gasteiger partial charge in [0.1, 0.15) is 11.3 Å². The van der Waals surface area contributed by atoms with Crippen LogP contribution in [0.25, 0.3) is 22.4 Å². The Hall–Kier alpha value is -3.55. The minimum atomic E-state index is -0.220. The molecule has 2 aromatic heterocycles. The van der Waals surface area contributed by atoms with Crippen LogP contribution in [0.3, 0.4) is 0 Å². The van der Waals surface area contributed by atoms with Crippen molar-refractivity contribution in [3.8, 4) is 11.4 Å². The summed E-state index contributed by atoms with van der Waals surface area (Å²) >= 11 is 0. The van der Waals surface area contributed by atoms with Crippen molar-refractivity contribution in [1.82, 2.24) is 30.6 Å². The lowest BCUT2D eigenvalue weighted by molar-refractivity contribution is 0.102. The summed E-state index contributed by atoms with van der Waals surface area (Å²) in [6, 6.07) is 12.8. The van der Waals surface area contributed by atoms with Gasteiger partial charge >= 0.3 is 0 Å². The van der Waals surface area contributed by atoms with Crippen LogP contribution in [-0.4, -0.2) is 36.5 Å². The predicted octanol–water partition coefficient (Wildman–Crippen LogP) is 3.12. The number of imidazole rings is 1. The van der Waals surface area contributed by atoms with Crippen molar-refractivity contribution in [2.45, 2.75) is 19.8 Å². The van der Waals surface area contributed by atoms with Crippen LogP contribution in [-0.2, 0) is 0 Å². The van der Waals surface area contributed by atoms with Crippen LogP contribution in [0.2, 0.25) is 0 Å². The summed E-state index contributed by atoms with van der Waals surface area (Å²) in [5.41, 5.74) is 3.45. The van der Waals surface area contributed by atoms with Gasteiger partial charge in [0.25, 0.3) is 5.91 Å². The topological polar surface area (TPSA) is 112 Å². The van der Waals surface area contributed by atoms with Gasteiger partial charge in [0.05, 0.1) is 11.1 Å². The third kappa shape index (κ3) is 2.92. The second kappa shape index (κ2) is 6.40. The highest BCUT2D eigenvalue weighted by Crippen LogP contribution is 2.23. The zero-order chi connectivity index (χ0) is 18.1.